The van der Waals surface area contributed by atoms with Crippen LogP contribution >= 0.6 is 0 Å². The monoisotopic (exact) mass is 535 g/mol. The van der Waals surface area contributed by atoms with Crippen LogP contribution in [0.2, 0.25) is 0 Å². The minimum Gasteiger partial charge on any atom is -0.468 e. The minimum atomic E-state index is -0.729. The molecule has 0 aliphatic heterocycles. The number of hydrogen-bond acceptors (Lipinski definition) is 9. The van der Waals surface area contributed by atoms with Crippen LogP contribution in [0.4, 0.5) is 0 Å². The highest BCUT2D eigenvalue weighted by Gasteiger charge is 2.22. The predicted octanol–water partition coefficient (Wildman–Crippen LogP) is 4.63. The average molecular weight is 536 g/mol. The normalized spacial score (nSPS) is 11.9. The fourth-order valence-electron chi connectivity index (χ4n) is 3.41. The molecule has 1 N–H and O–H groups in total. The molecule has 9 heteroatoms. The van der Waals surface area contributed by atoms with Gasteiger partial charge in [0.15, 0.2) is 11.5 Å². The molecule has 1 aromatic rings. The number of methoxy groups -OCH3 is 1. The SMILES string of the molecule is COC(=O)[C@H](Cc1ccc(OC(=O)CCC(C)C)c(OC(=O)CCC(C)C)c1)NCCOC(=O)CC(C)C. The lowest BCUT2D eigenvalue weighted by molar-refractivity contribution is -0.144. The highest BCUT2D eigenvalue weighted by molar-refractivity contribution is 5.77. The summed E-state index contributed by atoms with van der Waals surface area (Å²) in [6, 6.07) is 4.14. The van der Waals surface area contributed by atoms with Crippen molar-refractivity contribution in [2.24, 2.45) is 17.8 Å². The van der Waals surface area contributed by atoms with Gasteiger partial charge >= 0.3 is 23.9 Å². The van der Waals surface area contributed by atoms with E-state index in [1.54, 1.807) is 18.2 Å². The van der Waals surface area contributed by atoms with Crippen LogP contribution in [0.3, 0.4) is 0 Å². The van der Waals surface area contributed by atoms with Crippen molar-refractivity contribution in [2.45, 2.75) is 86.1 Å². The molecule has 0 saturated carbocycles. The molecule has 0 radical (unpaired) electrons. The predicted molar refractivity (Wildman–Crippen MR) is 144 cm³/mol. The quantitative estimate of drug-likeness (QED) is 0.173. The maximum absolute atomic E-state index is 12.5. The number of benzene rings is 1. The lowest BCUT2D eigenvalue weighted by Crippen LogP contribution is -2.41. The molecule has 0 aliphatic rings. The number of carbonyl (C=O) groups is 4. The maximum Gasteiger partial charge on any atom is 0.323 e. The van der Waals surface area contributed by atoms with E-state index in [4.69, 9.17) is 18.9 Å². The molecule has 0 aromatic heterocycles. The number of rotatable bonds is 17. The van der Waals surface area contributed by atoms with Crippen LogP contribution in [0.25, 0.3) is 0 Å². The second kappa shape index (κ2) is 17.5. The van der Waals surface area contributed by atoms with Crippen LogP contribution < -0.4 is 14.8 Å². The van der Waals surface area contributed by atoms with Crippen LogP contribution in [-0.2, 0) is 35.1 Å². The van der Waals surface area contributed by atoms with Crippen molar-refractivity contribution in [3.8, 4) is 11.5 Å². The summed E-state index contributed by atoms with van der Waals surface area (Å²) in [5, 5.41) is 3.05. The molecule has 214 valence electrons. The van der Waals surface area contributed by atoms with Gasteiger partial charge in [-0.3, -0.25) is 19.2 Å². The molecular formula is C29H45NO8. The first-order valence-corrected chi connectivity index (χ1v) is 13.4. The topological polar surface area (TPSA) is 117 Å². The molecule has 0 bridgehead atoms. The Morgan fingerprint density at radius 3 is 1.89 bits per heavy atom. The number of hydrogen-bond donors (Lipinski definition) is 1. The van der Waals surface area contributed by atoms with Gasteiger partial charge in [0, 0.05) is 25.8 Å². The third kappa shape index (κ3) is 14.1. The Balaban J connectivity index is 2.98. The van der Waals surface area contributed by atoms with Gasteiger partial charge in [-0.2, -0.15) is 0 Å². The van der Waals surface area contributed by atoms with Gasteiger partial charge in [0.25, 0.3) is 0 Å². The van der Waals surface area contributed by atoms with Gasteiger partial charge in [0.2, 0.25) is 0 Å². The van der Waals surface area contributed by atoms with E-state index in [0.29, 0.717) is 36.7 Å². The van der Waals surface area contributed by atoms with E-state index in [1.807, 2.05) is 41.5 Å². The van der Waals surface area contributed by atoms with Crippen LogP contribution in [0, 0.1) is 17.8 Å². The van der Waals surface area contributed by atoms with Gasteiger partial charge < -0.3 is 24.3 Å². The number of nitrogens with one attached hydrogen (secondary N) is 1. The van der Waals surface area contributed by atoms with Crippen molar-refractivity contribution in [3.05, 3.63) is 23.8 Å². The standard InChI is InChI=1S/C29H45NO8/c1-19(2)8-12-26(31)37-24-11-10-22(18-25(24)38-27(32)13-9-20(3)4)17-23(29(34)35-7)30-14-15-36-28(33)16-21(5)6/h10-11,18-21,23,30H,8-9,12-17H2,1-7H3/t23-/m0/s1. The summed E-state index contributed by atoms with van der Waals surface area (Å²) in [6.07, 6.45) is 2.36. The third-order valence-corrected chi connectivity index (χ3v) is 5.56. The van der Waals surface area contributed by atoms with Gasteiger partial charge in [0.1, 0.15) is 12.6 Å². The smallest absolute Gasteiger partial charge is 0.323 e. The summed E-state index contributed by atoms with van der Waals surface area (Å²) in [7, 11) is 1.29. The molecular weight excluding hydrogens is 490 g/mol. The summed E-state index contributed by atoms with van der Waals surface area (Å²) in [6.45, 7) is 12.3. The lowest BCUT2D eigenvalue weighted by atomic mass is 10.0. The molecule has 0 fully saturated rings. The minimum absolute atomic E-state index is 0.114. The Kier molecular flexibility index (Phi) is 15.3. The van der Waals surface area contributed by atoms with Crippen molar-refractivity contribution < 1.29 is 38.1 Å². The van der Waals surface area contributed by atoms with E-state index in [0.717, 1.165) is 0 Å². The zero-order chi connectivity index (χ0) is 28.7. The molecule has 38 heavy (non-hydrogen) atoms. The first-order valence-electron chi connectivity index (χ1n) is 13.4. The molecule has 0 heterocycles. The Morgan fingerprint density at radius 2 is 1.37 bits per heavy atom. The largest absolute Gasteiger partial charge is 0.468 e. The van der Waals surface area contributed by atoms with E-state index in [2.05, 4.69) is 5.32 Å². The molecule has 9 nitrogen and oxygen atoms in total. The lowest BCUT2D eigenvalue weighted by Gasteiger charge is -2.18. The zero-order valence-electron chi connectivity index (χ0n) is 24.0. The molecule has 1 atom stereocenters. The van der Waals surface area contributed by atoms with Crippen LogP contribution in [0.1, 0.15) is 79.2 Å². The fraction of sp³-hybridized carbons (Fsp3) is 0.655. The van der Waals surface area contributed by atoms with Crippen LogP contribution in [-0.4, -0.2) is 50.2 Å². The maximum atomic E-state index is 12.5. The van der Waals surface area contributed by atoms with Gasteiger partial charge in [-0.05, 0) is 54.7 Å². The van der Waals surface area contributed by atoms with Gasteiger partial charge in [-0.25, -0.2) is 0 Å². The van der Waals surface area contributed by atoms with Crippen molar-refractivity contribution in [1.82, 2.24) is 5.32 Å². The summed E-state index contributed by atoms with van der Waals surface area (Å²) in [5.74, 6) is -0.464. The molecule has 1 rings (SSSR count). The highest BCUT2D eigenvalue weighted by atomic mass is 16.6. The van der Waals surface area contributed by atoms with E-state index >= 15 is 0 Å². The van der Waals surface area contributed by atoms with Crippen molar-refractivity contribution in [3.63, 3.8) is 0 Å². The van der Waals surface area contributed by atoms with Gasteiger partial charge in [-0.15, -0.1) is 0 Å². The van der Waals surface area contributed by atoms with E-state index in [-0.39, 0.29) is 55.8 Å². The van der Waals surface area contributed by atoms with Crippen LogP contribution in [0.5, 0.6) is 11.5 Å². The Hall–Kier alpha value is -2.94. The molecule has 0 spiro atoms. The van der Waals surface area contributed by atoms with Gasteiger partial charge in [-0.1, -0.05) is 47.6 Å². The Labute approximate surface area is 226 Å². The molecule has 0 amide bonds. The highest BCUT2D eigenvalue weighted by Crippen LogP contribution is 2.30. The van der Waals surface area contributed by atoms with Crippen LogP contribution in [0.15, 0.2) is 18.2 Å². The third-order valence-electron chi connectivity index (χ3n) is 5.56. The molecule has 0 aliphatic carbocycles. The number of ether oxygens (including phenoxy) is 4. The first kappa shape index (κ1) is 33.1. The van der Waals surface area contributed by atoms with Gasteiger partial charge in [0.05, 0.1) is 7.11 Å². The van der Waals surface area contributed by atoms with E-state index in [9.17, 15) is 19.2 Å². The average Bonchev–Trinajstić information content (AvgIpc) is 2.83. The Bertz CT molecular complexity index is 910. The summed E-state index contributed by atoms with van der Waals surface area (Å²) in [5.41, 5.74) is 0.665. The molecule has 0 unspecified atom stereocenters. The van der Waals surface area contributed by atoms with E-state index in [1.165, 1.54) is 7.11 Å². The fourth-order valence-corrected chi connectivity index (χ4v) is 3.41. The van der Waals surface area contributed by atoms with Crippen molar-refractivity contribution >= 4 is 23.9 Å². The Morgan fingerprint density at radius 1 is 0.789 bits per heavy atom. The van der Waals surface area contributed by atoms with Crippen molar-refractivity contribution in [2.75, 3.05) is 20.3 Å². The zero-order valence-corrected chi connectivity index (χ0v) is 24.0. The number of carbonyl (C=O) groups excluding carboxylic acids is 4. The molecule has 1 aromatic carbocycles. The number of esters is 4. The second-order valence-corrected chi connectivity index (χ2v) is 10.6. The summed E-state index contributed by atoms with van der Waals surface area (Å²) < 4.78 is 21.2. The summed E-state index contributed by atoms with van der Waals surface area (Å²) >= 11 is 0. The second-order valence-electron chi connectivity index (χ2n) is 10.6. The molecule has 0 saturated heterocycles. The summed E-state index contributed by atoms with van der Waals surface area (Å²) in [4.78, 5) is 49.0. The van der Waals surface area contributed by atoms with E-state index < -0.39 is 23.9 Å². The van der Waals surface area contributed by atoms with Crippen molar-refractivity contribution in [1.29, 1.82) is 0 Å². The first-order chi connectivity index (χ1) is 17.9.